The van der Waals surface area contributed by atoms with Crippen molar-refractivity contribution >= 4 is 6.03 Å². The van der Waals surface area contributed by atoms with Gasteiger partial charge in [-0.15, -0.1) is 0 Å². The molecule has 3 rings (SSSR count). The first kappa shape index (κ1) is 18.7. The molecule has 1 aliphatic heterocycles. The molecule has 4 nitrogen and oxygen atoms in total. The summed E-state index contributed by atoms with van der Waals surface area (Å²) in [5.74, 6) is 6.18. The third-order valence-corrected chi connectivity index (χ3v) is 4.70. The second-order valence-corrected chi connectivity index (χ2v) is 6.81. The van der Waals surface area contributed by atoms with Gasteiger partial charge in [0, 0.05) is 18.8 Å². The molecule has 4 heteroatoms. The van der Waals surface area contributed by atoms with E-state index < -0.39 is 0 Å². The van der Waals surface area contributed by atoms with E-state index in [-0.39, 0.29) is 12.1 Å². The maximum Gasteiger partial charge on any atom is 0.317 e. The minimum atomic E-state index is 0.000415. The molecule has 0 aliphatic carbocycles. The zero-order chi connectivity index (χ0) is 19.1. The fourth-order valence-corrected chi connectivity index (χ4v) is 3.07. The van der Waals surface area contributed by atoms with Crippen LogP contribution in [0.3, 0.4) is 0 Å². The molecule has 138 valence electrons. The molecule has 2 amide bonds. The number of hydrogen-bond acceptors (Lipinski definition) is 2. The number of nitrogens with one attached hydrogen (secondary N) is 1. The van der Waals surface area contributed by atoms with E-state index >= 15 is 0 Å². The lowest BCUT2D eigenvalue weighted by Crippen LogP contribution is -2.44. The van der Waals surface area contributed by atoms with Gasteiger partial charge in [0.15, 0.2) is 0 Å². The van der Waals surface area contributed by atoms with Crippen LogP contribution in [0.1, 0.15) is 42.8 Å². The van der Waals surface area contributed by atoms with E-state index in [2.05, 4.69) is 22.1 Å². The Balaban J connectivity index is 1.50. The van der Waals surface area contributed by atoms with Gasteiger partial charge in [-0.1, -0.05) is 47.9 Å². The normalized spacial score (nSPS) is 14.7. The molecule has 1 atom stereocenters. The van der Waals surface area contributed by atoms with Gasteiger partial charge >= 0.3 is 6.03 Å². The Kier molecular flexibility index (Phi) is 6.27. The third kappa shape index (κ3) is 5.46. The number of likely N-dealkylation sites (tertiary alicyclic amines) is 1. The summed E-state index contributed by atoms with van der Waals surface area (Å²) in [6, 6.07) is 15.9. The van der Waals surface area contributed by atoms with Crippen molar-refractivity contribution in [2.45, 2.75) is 32.7 Å². The zero-order valence-corrected chi connectivity index (χ0v) is 15.9. The van der Waals surface area contributed by atoms with Crippen LogP contribution in [0.25, 0.3) is 0 Å². The van der Waals surface area contributed by atoms with Crippen molar-refractivity contribution in [2.75, 3.05) is 13.1 Å². The lowest BCUT2D eigenvalue weighted by Gasteiger charge is -2.29. The Morgan fingerprint density at radius 3 is 2.59 bits per heavy atom. The Bertz CT molecular complexity index is 867. The fourth-order valence-electron chi connectivity index (χ4n) is 3.07. The van der Waals surface area contributed by atoms with Gasteiger partial charge in [-0.2, -0.15) is 0 Å². The quantitative estimate of drug-likeness (QED) is 0.816. The molecule has 0 saturated carbocycles. The lowest BCUT2D eigenvalue weighted by molar-refractivity contribution is 0.190. The maximum absolute atomic E-state index is 12.5. The number of aryl methyl sites for hydroxylation is 1. The van der Waals surface area contributed by atoms with Gasteiger partial charge in [-0.05, 0) is 56.4 Å². The first-order chi connectivity index (χ1) is 13.1. The van der Waals surface area contributed by atoms with E-state index in [4.69, 9.17) is 0 Å². The minimum Gasteiger partial charge on any atom is -0.331 e. The number of pyridine rings is 1. The van der Waals surface area contributed by atoms with Crippen molar-refractivity contribution in [3.63, 3.8) is 0 Å². The van der Waals surface area contributed by atoms with E-state index in [0.717, 1.165) is 42.9 Å². The van der Waals surface area contributed by atoms with Crippen molar-refractivity contribution in [2.24, 2.45) is 0 Å². The second kappa shape index (κ2) is 9.05. The van der Waals surface area contributed by atoms with Crippen LogP contribution >= 0.6 is 0 Å². The highest BCUT2D eigenvalue weighted by atomic mass is 16.2. The number of hydrogen-bond donors (Lipinski definition) is 1. The maximum atomic E-state index is 12.5. The second-order valence-electron chi connectivity index (χ2n) is 6.81. The number of amides is 2. The molecular formula is C23H25N3O. The van der Waals surface area contributed by atoms with Gasteiger partial charge in [-0.25, -0.2) is 9.78 Å². The molecule has 1 aliphatic rings. The van der Waals surface area contributed by atoms with Crippen molar-refractivity contribution in [1.82, 2.24) is 15.2 Å². The summed E-state index contributed by atoms with van der Waals surface area (Å²) in [5.41, 5.74) is 4.16. The molecular weight excluding hydrogens is 334 g/mol. The molecule has 0 spiro atoms. The third-order valence-electron chi connectivity index (χ3n) is 4.70. The van der Waals surface area contributed by atoms with Gasteiger partial charge in [-0.3, -0.25) is 0 Å². The molecule has 1 unspecified atom stereocenters. The molecule has 1 N–H and O–H groups in total. The van der Waals surface area contributed by atoms with Crippen molar-refractivity contribution in [3.8, 4) is 11.8 Å². The van der Waals surface area contributed by atoms with E-state index in [1.165, 1.54) is 5.57 Å². The topological polar surface area (TPSA) is 45.2 Å². The highest BCUT2D eigenvalue weighted by Crippen LogP contribution is 2.17. The van der Waals surface area contributed by atoms with Crippen molar-refractivity contribution in [3.05, 3.63) is 77.1 Å². The predicted molar refractivity (Wildman–Crippen MR) is 108 cm³/mol. The van der Waals surface area contributed by atoms with Gasteiger partial charge in [0.25, 0.3) is 0 Å². The van der Waals surface area contributed by atoms with Crippen LogP contribution < -0.4 is 5.32 Å². The number of nitrogens with zero attached hydrogens (tertiary/aromatic N) is 2. The smallest absolute Gasteiger partial charge is 0.317 e. The fraction of sp³-hybridized carbons (Fsp3) is 0.304. The van der Waals surface area contributed by atoms with Crippen LogP contribution in [0.5, 0.6) is 0 Å². The molecule has 1 aromatic heterocycles. The van der Waals surface area contributed by atoms with Crippen LogP contribution in [0.4, 0.5) is 4.79 Å². The number of urea groups is 1. The molecule has 2 aromatic rings. The van der Waals surface area contributed by atoms with E-state index in [0.29, 0.717) is 0 Å². The average molecular weight is 359 g/mol. The number of aromatic nitrogens is 1. The minimum absolute atomic E-state index is 0.000415. The summed E-state index contributed by atoms with van der Waals surface area (Å²) in [4.78, 5) is 18.7. The number of carbonyl (C=O) groups is 1. The number of piperidine rings is 1. The number of allylic oxidation sites excluding steroid dienone is 1. The summed E-state index contributed by atoms with van der Waals surface area (Å²) >= 11 is 0. The summed E-state index contributed by atoms with van der Waals surface area (Å²) in [6.07, 6.45) is 3.71. The highest BCUT2D eigenvalue weighted by Gasteiger charge is 2.20. The van der Waals surface area contributed by atoms with Crippen LogP contribution in [-0.2, 0) is 0 Å². The predicted octanol–water partition coefficient (Wildman–Crippen LogP) is 4.23. The lowest BCUT2D eigenvalue weighted by atomic mass is 10.0. The largest absolute Gasteiger partial charge is 0.331 e. The Labute approximate surface area is 161 Å². The first-order valence-corrected chi connectivity index (χ1v) is 9.35. The molecule has 0 bridgehead atoms. The van der Waals surface area contributed by atoms with Gasteiger partial charge in [0.2, 0.25) is 0 Å². The van der Waals surface area contributed by atoms with Crippen LogP contribution in [0, 0.1) is 18.8 Å². The highest BCUT2D eigenvalue weighted by molar-refractivity contribution is 5.75. The van der Waals surface area contributed by atoms with E-state index in [1.807, 2.05) is 73.4 Å². The molecule has 1 fully saturated rings. The summed E-state index contributed by atoms with van der Waals surface area (Å²) in [5, 5.41) is 3.08. The molecule has 27 heavy (non-hydrogen) atoms. The van der Waals surface area contributed by atoms with Crippen LogP contribution in [0.2, 0.25) is 0 Å². The zero-order valence-electron chi connectivity index (χ0n) is 15.9. The van der Waals surface area contributed by atoms with Gasteiger partial charge in [0.1, 0.15) is 5.69 Å². The van der Waals surface area contributed by atoms with Crippen molar-refractivity contribution < 1.29 is 4.79 Å². The Morgan fingerprint density at radius 1 is 1.15 bits per heavy atom. The first-order valence-electron chi connectivity index (χ1n) is 9.35. The SMILES string of the molecule is Cc1cccc(C#CC=C2CCN(C(=O)NC(C)c3ccccc3)CC2)n1. The Hall–Kier alpha value is -3.06. The van der Waals surface area contributed by atoms with Gasteiger partial charge < -0.3 is 10.2 Å². The van der Waals surface area contributed by atoms with Crippen LogP contribution in [-0.4, -0.2) is 29.0 Å². The summed E-state index contributed by atoms with van der Waals surface area (Å²) < 4.78 is 0. The van der Waals surface area contributed by atoms with E-state index in [9.17, 15) is 4.79 Å². The average Bonchev–Trinajstić information content (AvgIpc) is 2.69. The number of benzene rings is 1. The van der Waals surface area contributed by atoms with Crippen LogP contribution in [0.15, 0.2) is 60.2 Å². The van der Waals surface area contributed by atoms with E-state index in [1.54, 1.807) is 0 Å². The molecule has 1 aromatic carbocycles. The number of carbonyl (C=O) groups excluding carboxylic acids is 1. The summed E-state index contributed by atoms with van der Waals surface area (Å²) in [6.45, 7) is 5.42. The molecule has 2 heterocycles. The standard InChI is InChI=1S/C23H25N3O/c1-18-8-6-12-22(24-18)13-7-9-20-14-16-26(17-15-20)23(27)25-19(2)21-10-4-3-5-11-21/h3-6,8-12,19H,14-17H2,1-2H3,(H,25,27). The van der Waals surface area contributed by atoms with Crippen molar-refractivity contribution in [1.29, 1.82) is 0 Å². The summed E-state index contributed by atoms with van der Waals surface area (Å²) in [7, 11) is 0. The molecule has 1 saturated heterocycles. The van der Waals surface area contributed by atoms with Gasteiger partial charge in [0.05, 0.1) is 6.04 Å². The monoisotopic (exact) mass is 359 g/mol. The number of rotatable bonds is 2. The molecule has 0 radical (unpaired) electrons. The Morgan fingerprint density at radius 2 is 1.89 bits per heavy atom.